The van der Waals surface area contributed by atoms with Crippen molar-refractivity contribution >= 4 is 0 Å². The molecule has 0 aromatic heterocycles. The second-order valence-electron chi connectivity index (χ2n) is 5.88. The number of hydrogen-bond acceptors (Lipinski definition) is 2. The summed E-state index contributed by atoms with van der Waals surface area (Å²) >= 11 is 0. The van der Waals surface area contributed by atoms with Gasteiger partial charge in [0.25, 0.3) is 0 Å². The van der Waals surface area contributed by atoms with Crippen LogP contribution < -0.4 is 5.32 Å². The van der Waals surface area contributed by atoms with Crippen molar-refractivity contribution in [3.8, 4) is 0 Å². The molecule has 1 heterocycles. The Morgan fingerprint density at radius 1 is 1.42 bits per heavy atom. The van der Waals surface area contributed by atoms with E-state index in [-0.39, 0.29) is 5.82 Å². The smallest absolute Gasteiger partial charge is 0.123 e. The first-order valence-electron chi connectivity index (χ1n) is 7.32. The van der Waals surface area contributed by atoms with Crippen LogP contribution in [0.3, 0.4) is 0 Å². The lowest BCUT2D eigenvalue weighted by Crippen LogP contribution is -2.57. The standard InChI is InChI=1S/C16H25FN2/c1-4-15-9-18-16(12(2)3)11-19(15)10-13-6-5-7-14(17)8-13/h5-8,12,15-16,18H,4,9-11H2,1-3H3. The van der Waals surface area contributed by atoms with Crippen LogP contribution in [0.15, 0.2) is 24.3 Å². The Balaban J connectivity index is 2.06. The Morgan fingerprint density at radius 2 is 2.21 bits per heavy atom. The van der Waals surface area contributed by atoms with Crippen LogP contribution in [0, 0.1) is 11.7 Å². The summed E-state index contributed by atoms with van der Waals surface area (Å²) in [6.45, 7) is 9.66. The third kappa shape index (κ3) is 3.77. The lowest BCUT2D eigenvalue weighted by molar-refractivity contribution is 0.103. The van der Waals surface area contributed by atoms with Crippen molar-refractivity contribution in [2.24, 2.45) is 5.92 Å². The van der Waals surface area contributed by atoms with Crippen molar-refractivity contribution in [3.05, 3.63) is 35.6 Å². The first-order chi connectivity index (χ1) is 9.10. The second kappa shape index (κ2) is 6.49. The lowest BCUT2D eigenvalue weighted by atomic mass is 9.98. The molecule has 1 aliphatic heterocycles. The average molecular weight is 264 g/mol. The van der Waals surface area contributed by atoms with Crippen molar-refractivity contribution < 1.29 is 4.39 Å². The maximum atomic E-state index is 13.3. The van der Waals surface area contributed by atoms with Gasteiger partial charge in [-0.15, -0.1) is 0 Å². The molecule has 0 amide bonds. The van der Waals surface area contributed by atoms with Gasteiger partial charge in [0.1, 0.15) is 5.82 Å². The molecule has 1 saturated heterocycles. The Bertz CT molecular complexity index is 405. The molecule has 0 bridgehead atoms. The van der Waals surface area contributed by atoms with Gasteiger partial charge in [0.05, 0.1) is 0 Å². The molecule has 1 fully saturated rings. The third-order valence-corrected chi connectivity index (χ3v) is 4.11. The van der Waals surface area contributed by atoms with E-state index in [9.17, 15) is 4.39 Å². The van der Waals surface area contributed by atoms with Crippen LogP contribution in [0.2, 0.25) is 0 Å². The normalized spacial score (nSPS) is 24.9. The van der Waals surface area contributed by atoms with Gasteiger partial charge >= 0.3 is 0 Å². The molecule has 1 aromatic carbocycles. The van der Waals surface area contributed by atoms with E-state index in [1.54, 1.807) is 12.1 Å². The molecular weight excluding hydrogens is 239 g/mol. The van der Waals surface area contributed by atoms with Gasteiger partial charge < -0.3 is 5.32 Å². The lowest BCUT2D eigenvalue weighted by Gasteiger charge is -2.41. The van der Waals surface area contributed by atoms with E-state index in [4.69, 9.17) is 0 Å². The predicted molar refractivity (Wildman–Crippen MR) is 77.5 cm³/mol. The highest BCUT2D eigenvalue weighted by atomic mass is 19.1. The molecule has 0 saturated carbocycles. The van der Waals surface area contributed by atoms with Crippen molar-refractivity contribution in [1.29, 1.82) is 0 Å². The van der Waals surface area contributed by atoms with Crippen molar-refractivity contribution in [3.63, 3.8) is 0 Å². The van der Waals surface area contributed by atoms with Crippen molar-refractivity contribution in [2.75, 3.05) is 13.1 Å². The topological polar surface area (TPSA) is 15.3 Å². The zero-order valence-corrected chi connectivity index (χ0v) is 12.2. The summed E-state index contributed by atoms with van der Waals surface area (Å²) in [5.41, 5.74) is 1.07. The third-order valence-electron chi connectivity index (χ3n) is 4.11. The predicted octanol–water partition coefficient (Wildman–Crippen LogP) is 3.03. The van der Waals surface area contributed by atoms with Crippen LogP contribution in [0.25, 0.3) is 0 Å². The molecule has 1 aromatic rings. The van der Waals surface area contributed by atoms with Gasteiger partial charge in [0, 0.05) is 31.7 Å². The molecule has 2 nitrogen and oxygen atoms in total. The maximum Gasteiger partial charge on any atom is 0.123 e. The minimum Gasteiger partial charge on any atom is -0.311 e. The fourth-order valence-electron chi connectivity index (χ4n) is 2.80. The largest absolute Gasteiger partial charge is 0.311 e. The fraction of sp³-hybridized carbons (Fsp3) is 0.625. The number of rotatable bonds is 4. The fourth-order valence-corrected chi connectivity index (χ4v) is 2.80. The number of benzene rings is 1. The first kappa shape index (κ1) is 14.5. The number of nitrogens with one attached hydrogen (secondary N) is 1. The monoisotopic (exact) mass is 264 g/mol. The molecule has 1 N–H and O–H groups in total. The first-order valence-corrected chi connectivity index (χ1v) is 7.32. The number of halogens is 1. The Hall–Kier alpha value is -0.930. The average Bonchev–Trinajstić information content (AvgIpc) is 2.38. The Morgan fingerprint density at radius 3 is 2.84 bits per heavy atom. The van der Waals surface area contributed by atoms with Crippen LogP contribution in [0.1, 0.15) is 32.8 Å². The zero-order valence-electron chi connectivity index (χ0n) is 12.2. The van der Waals surface area contributed by atoms with E-state index in [0.717, 1.165) is 31.6 Å². The van der Waals surface area contributed by atoms with E-state index < -0.39 is 0 Å². The van der Waals surface area contributed by atoms with Crippen LogP contribution in [0.4, 0.5) is 4.39 Å². The zero-order chi connectivity index (χ0) is 13.8. The minimum absolute atomic E-state index is 0.138. The molecule has 0 spiro atoms. The molecular formula is C16H25FN2. The number of hydrogen-bond donors (Lipinski definition) is 1. The molecule has 2 unspecified atom stereocenters. The van der Waals surface area contributed by atoms with E-state index >= 15 is 0 Å². The summed E-state index contributed by atoms with van der Waals surface area (Å²) in [6.07, 6.45) is 1.13. The quantitative estimate of drug-likeness (QED) is 0.899. The highest BCUT2D eigenvalue weighted by molar-refractivity contribution is 5.16. The highest BCUT2D eigenvalue weighted by Gasteiger charge is 2.28. The molecule has 19 heavy (non-hydrogen) atoms. The molecule has 106 valence electrons. The van der Waals surface area contributed by atoms with Gasteiger partial charge in [-0.25, -0.2) is 4.39 Å². The minimum atomic E-state index is -0.138. The van der Waals surface area contributed by atoms with E-state index in [1.807, 2.05) is 6.07 Å². The SMILES string of the molecule is CCC1CNC(C(C)C)CN1Cc1cccc(F)c1. The van der Waals surface area contributed by atoms with E-state index in [1.165, 1.54) is 6.07 Å². The summed E-state index contributed by atoms with van der Waals surface area (Å²) in [5.74, 6) is 0.494. The molecule has 0 radical (unpaired) electrons. The summed E-state index contributed by atoms with van der Waals surface area (Å²) in [4.78, 5) is 2.50. The number of nitrogens with zero attached hydrogens (tertiary/aromatic N) is 1. The number of piperazine rings is 1. The summed E-state index contributed by atoms with van der Waals surface area (Å²) < 4.78 is 13.3. The molecule has 2 atom stereocenters. The second-order valence-corrected chi connectivity index (χ2v) is 5.88. The van der Waals surface area contributed by atoms with E-state index in [0.29, 0.717) is 18.0 Å². The molecule has 3 heteroatoms. The maximum absolute atomic E-state index is 13.3. The molecule has 0 aliphatic carbocycles. The van der Waals surface area contributed by atoms with Crippen LogP contribution in [0.5, 0.6) is 0 Å². The Kier molecular flexibility index (Phi) is 4.94. The molecule has 2 rings (SSSR count). The van der Waals surface area contributed by atoms with Gasteiger partial charge in [-0.05, 0) is 30.0 Å². The van der Waals surface area contributed by atoms with Gasteiger partial charge in [0.15, 0.2) is 0 Å². The summed E-state index contributed by atoms with van der Waals surface area (Å²) in [7, 11) is 0. The van der Waals surface area contributed by atoms with E-state index in [2.05, 4.69) is 31.0 Å². The molecule has 1 aliphatic rings. The summed E-state index contributed by atoms with van der Waals surface area (Å²) in [5, 5.41) is 3.63. The van der Waals surface area contributed by atoms with Crippen molar-refractivity contribution in [2.45, 2.75) is 45.8 Å². The van der Waals surface area contributed by atoms with Gasteiger partial charge in [0.2, 0.25) is 0 Å². The van der Waals surface area contributed by atoms with Crippen molar-refractivity contribution in [1.82, 2.24) is 10.2 Å². The van der Waals surface area contributed by atoms with Crippen LogP contribution in [-0.2, 0) is 6.54 Å². The van der Waals surface area contributed by atoms with Gasteiger partial charge in [-0.1, -0.05) is 32.9 Å². The van der Waals surface area contributed by atoms with Gasteiger partial charge in [-0.3, -0.25) is 4.90 Å². The van der Waals surface area contributed by atoms with Crippen LogP contribution >= 0.6 is 0 Å². The Labute approximate surface area is 116 Å². The summed E-state index contributed by atoms with van der Waals surface area (Å²) in [6, 6.07) is 8.07. The van der Waals surface area contributed by atoms with Gasteiger partial charge in [-0.2, -0.15) is 0 Å². The van der Waals surface area contributed by atoms with Crippen LogP contribution in [-0.4, -0.2) is 30.1 Å². The highest BCUT2D eigenvalue weighted by Crippen LogP contribution is 2.18.